The largest absolute Gasteiger partial charge is 0.341 e. The second-order valence-corrected chi connectivity index (χ2v) is 6.24. The highest BCUT2D eigenvalue weighted by molar-refractivity contribution is 6.03. The molecule has 2 rings (SSSR count). The summed E-state index contributed by atoms with van der Waals surface area (Å²) in [5, 5.41) is 3.36. The SMILES string of the molecule is C=CC1C=CC(Nc2ccccc2)=NCC1CC(=C)CC(=C)C. The summed E-state index contributed by atoms with van der Waals surface area (Å²) in [6.45, 7) is 15.0. The second-order valence-electron chi connectivity index (χ2n) is 6.24. The molecular formula is C21H26N2. The molecule has 1 aromatic rings. The average molecular weight is 306 g/mol. The molecule has 0 bridgehead atoms. The van der Waals surface area contributed by atoms with Gasteiger partial charge in [0.1, 0.15) is 5.84 Å². The molecular weight excluding hydrogens is 280 g/mol. The Morgan fingerprint density at radius 3 is 2.70 bits per heavy atom. The van der Waals surface area contributed by atoms with Crippen molar-refractivity contribution in [3.8, 4) is 0 Å². The van der Waals surface area contributed by atoms with Gasteiger partial charge in [0.15, 0.2) is 0 Å². The van der Waals surface area contributed by atoms with Gasteiger partial charge in [0.2, 0.25) is 0 Å². The standard InChI is InChI=1S/C21H26N2/c1-5-18-11-12-21(23-20-9-7-6-8-10-20)22-15-19(18)14-17(4)13-16(2)3/h5-12,18-19H,1-2,4,13-15H2,3H3,(H,22,23). The molecule has 0 amide bonds. The van der Waals surface area contributed by atoms with Crippen molar-refractivity contribution in [1.82, 2.24) is 0 Å². The third kappa shape index (κ3) is 5.41. The lowest BCUT2D eigenvalue weighted by Gasteiger charge is -2.20. The van der Waals surface area contributed by atoms with E-state index in [1.807, 2.05) is 43.3 Å². The van der Waals surface area contributed by atoms with Crippen molar-refractivity contribution in [2.45, 2.75) is 19.8 Å². The number of amidine groups is 1. The lowest BCUT2D eigenvalue weighted by molar-refractivity contribution is 0.462. The highest BCUT2D eigenvalue weighted by Crippen LogP contribution is 2.27. The van der Waals surface area contributed by atoms with Crippen LogP contribution in [0.3, 0.4) is 0 Å². The summed E-state index contributed by atoms with van der Waals surface area (Å²) in [6.07, 6.45) is 8.10. The van der Waals surface area contributed by atoms with Crippen LogP contribution in [0.15, 0.2) is 84.4 Å². The molecule has 23 heavy (non-hydrogen) atoms. The zero-order valence-corrected chi connectivity index (χ0v) is 14.0. The molecule has 1 aliphatic heterocycles. The zero-order valence-electron chi connectivity index (χ0n) is 14.0. The highest BCUT2D eigenvalue weighted by atomic mass is 15.0. The van der Waals surface area contributed by atoms with Crippen molar-refractivity contribution in [2.24, 2.45) is 16.8 Å². The number of rotatable bonds is 6. The molecule has 2 atom stereocenters. The quantitative estimate of drug-likeness (QED) is 0.699. The van der Waals surface area contributed by atoms with Crippen LogP contribution in [0.2, 0.25) is 0 Å². The van der Waals surface area contributed by atoms with Crippen LogP contribution >= 0.6 is 0 Å². The highest BCUT2D eigenvalue weighted by Gasteiger charge is 2.20. The molecule has 2 heteroatoms. The first kappa shape index (κ1) is 17.0. The predicted octanol–water partition coefficient (Wildman–Crippen LogP) is 5.40. The molecule has 0 aromatic heterocycles. The van der Waals surface area contributed by atoms with Crippen molar-refractivity contribution in [3.05, 3.63) is 79.4 Å². The Labute approximate surface area is 140 Å². The minimum atomic E-state index is 0.315. The Balaban J connectivity index is 2.05. The fraction of sp³-hybridized carbons (Fsp3) is 0.286. The van der Waals surface area contributed by atoms with E-state index in [1.54, 1.807) is 0 Å². The average Bonchev–Trinajstić information content (AvgIpc) is 2.70. The Hall–Kier alpha value is -2.35. The third-order valence-electron chi connectivity index (χ3n) is 3.94. The number of aliphatic imine (C=N–C) groups is 1. The lowest BCUT2D eigenvalue weighted by Crippen LogP contribution is -2.15. The number of nitrogens with zero attached hydrogens (tertiary/aromatic N) is 1. The fourth-order valence-corrected chi connectivity index (χ4v) is 2.84. The molecule has 120 valence electrons. The summed E-state index contributed by atoms with van der Waals surface area (Å²) in [7, 11) is 0. The number of para-hydroxylation sites is 1. The maximum atomic E-state index is 4.74. The van der Waals surface area contributed by atoms with Crippen LogP contribution in [0, 0.1) is 11.8 Å². The van der Waals surface area contributed by atoms with Gasteiger partial charge >= 0.3 is 0 Å². The maximum Gasteiger partial charge on any atom is 0.124 e. The van der Waals surface area contributed by atoms with Crippen LogP contribution < -0.4 is 5.32 Å². The van der Waals surface area contributed by atoms with Crippen molar-refractivity contribution >= 4 is 11.5 Å². The van der Waals surface area contributed by atoms with Crippen molar-refractivity contribution in [2.75, 3.05) is 11.9 Å². The van der Waals surface area contributed by atoms with Crippen LogP contribution in [0.4, 0.5) is 5.69 Å². The Morgan fingerprint density at radius 1 is 1.30 bits per heavy atom. The predicted molar refractivity (Wildman–Crippen MR) is 102 cm³/mol. The Morgan fingerprint density at radius 2 is 2.04 bits per heavy atom. The van der Waals surface area contributed by atoms with E-state index in [4.69, 9.17) is 4.99 Å². The number of anilines is 1. The van der Waals surface area contributed by atoms with Gasteiger partial charge in [-0.1, -0.05) is 54.7 Å². The second kappa shape index (κ2) is 8.33. The monoisotopic (exact) mass is 306 g/mol. The van der Waals surface area contributed by atoms with Gasteiger partial charge in [-0.05, 0) is 49.8 Å². The van der Waals surface area contributed by atoms with Gasteiger partial charge in [-0.15, -0.1) is 6.58 Å². The molecule has 1 aromatic carbocycles. The summed E-state index contributed by atoms with van der Waals surface area (Å²) >= 11 is 0. The van der Waals surface area contributed by atoms with Crippen molar-refractivity contribution < 1.29 is 0 Å². The van der Waals surface area contributed by atoms with E-state index in [0.717, 1.165) is 36.5 Å². The number of nitrogens with one attached hydrogen (secondary N) is 1. The van der Waals surface area contributed by atoms with E-state index in [-0.39, 0.29) is 0 Å². The summed E-state index contributed by atoms with van der Waals surface area (Å²) < 4.78 is 0. The van der Waals surface area contributed by atoms with Crippen LogP contribution in [0.1, 0.15) is 19.8 Å². The maximum absolute atomic E-state index is 4.74. The molecule has 1 N–H and O–H groups in total. The van der Waals surface area contributed by atoms with Crippen molar-refractivity contribution in [3.63, 3.8) is 0 Å². The van der Waals surface area contributed by atoms with Crippen LogP contribution in [-0.4, -0.2) is 12.4 Å². The molecule has 1 heterocycles. The lowest BCUT2D eigenvalue weighted by atomic mass is 9.86. The summed E-state index contributed by atoms with van der Waals surface area (Å²) in [5.74, 6) is 1.62. The molecule has 2 nitrogen and oxygen atoms in total. The van der Waals surface area contributed by atoms with E-state index < -0.39 is 0 Å². The van der Waals surface area contributed by atoms with E-state index in [0.29, 0.717) is 11.8 Å². The molecule has 1 aliphatic rings. The number of hydrogen-bond acceptors (Lipinski definition) is 2. The first-order chi connectivity index (χ1) is 11.1. The molecule has 0 saturated carbocycles. The summed E-state index contributed by atoms with van der Waals surface area (Å²) in [5.41, 5.74) is 3.43. The summed E-state index contributed by atoms with van der Waals surface area (Å²) in [6, 6.07) is 10.1. The topological polar surface area (TPSA) is 24.4 Å². The fourth-order valence-electron chi connectivity index (χ4n) is 2.84. The Bertz CT molecular complexity index is 623. The summed E-state index contributed by atoms with van der Waals surface area (Å²) in [4.78, 5) is 4.74. The number of benzene rings is 1. The Kier molecular flexibility index (Phi) is 6.16. The van der Waals surface area contributed by atoms with E-state index >= 15 is 0 Å². The van der Waals surface area contributed by atoms with Gasteiger partial charge < -0.3 is 5.32 Å². The molecule has 0 aliphatic carbocycles. The normalized spacial score (nSPS) is 20.3. The van der Waals surface area contributed by atoms with Gasteiger partial charge in [-0.2, -0.15) is 0 Å². The van der Waals surface area contributed by atoms with E-state index in [2.05, 4.69) is 37.2 Å². The van der Waals surface area contributed by atoms with Crippen LogP contribution in [0.25, 0.3) is 0 Å². The smallest absolute Gasteiger partial charge is 0.124 e. The minimum absolute atomic E-state index is 0.315. The van der Waals surface area contributed by atoms with E-state index in [9.17, 15) is 0 Å². The molecule has 2 unspecified atom stereocenters. The molecule has 0 radical (unpaired) electrons. The number of hydrogen-bond donors (Lipinski definition) is 1. The minimum Gasteiger partial charge on any atom is -0.341 e. The van der Waals surface area contributed by atoms with Gasteiger partial charge in [0.25, 0.3) is 0 Å². The first-order valence-corrected chi connectivity index (χ1v) is 8.07. The van der Waals surface area contributed by atoms with Gasteiger partial charge in [0.05, 0.1) is 0 Å². The van der Waals surface area contributed by atoms with E-state index in [1.165, 1.54) is 5.57 Å². The van der Waals surface area contributed by atoms with Crippen molar-refractivity contribution in [1.29, 1.82) is 0 Å². The van der Waals surface area contributed by atoms with Gasteiger partial charge in [0, 0.05) is 12.2 Å². The molecule has 0 fully saturated rings. The molecule has 0 spiro atoms. The third-order valence-corrected chi connectivity index (χ3v) is 3.94. The first-order valence-electron chi connectivity index (χ1n) is 8.07. The van der Waals surface area contributed by atoms with Gasteiger partial charge in [-0.25, -0.2) is 0 Å². The van der Waals surface area contributed by atoms with Gasteiger partial charge in [-0.3, -0.25) is 4.99 Å². The number of allylic oxidation sites excluding steroid dienone is 4. The van der Waals surface area contributed by atoms with Crippen LogP contribution in [-0.2, 0) is 0 Å². The molecule has 0 saturated heterocycles. The van der Waals surface area contributed by atoms with Crippen LogP contribution in [0.5, 0.6) is 0 Å². The zero-order chi connectivity index (χ0) is 16.7.